The van der Waals surface area contributed by atoms with Crippen LogP contribution < -0.4 is 14.2 Å². The maximum Gasteiger partial charge on any atom is 0.212 e. The average molecular weight is 333 g/mol. The van der Waals surface area contributed by atoms with Crippen LogP contribution in [0.1, 0.15) is 18.2 Å². The number of benzene rings is 2. The summed E-state index contributed by atoms with van der Waals surface area (Å²) in [5.41, 5.74) is 4.75. The van der Waals surface area contributed by atoms with Crippen LogP contribution in [0.3, 0.4) is 0 Å². The lowest BCUT2D eigenvalue weighted by atomic mass is 10.1. The second kappa shape index (κ2) is 7.39. The van der Waals surface area contributed by atoms with E-state index in [0.29, 0.717) is 6.61 Å². The number of pyridine rings is 1. The predicted octanol–water partition coefficient (Wildman–Crippen LogP) is 4.30. The number of rotatable bonds is 5. The van der Waals surface area contributed by atoms with E-state index in [4.69, 9.17) is 4.74 Å². The standard InChI is InChI=1S/C22H25N2O/c1-5-25-21-14-15-22-18(16-21)9-13-20(24(22)4)12-8-17-6-10-19(11-7-17)23(2)3/h6-16H,5H2,1-4H3/q+1. The normalized spacial score (nSPS) is 11.2. The minimum Gasteiger partial charge on any atom is -0.494 e. The van der Waals surface area contributed by atoms with Crippen LogP contribution in [0.4, 0.5) is 5.69 Å². The summed E-state index contributed by atoms with van der Waals surface area (Å²) in [4.78, 5) is 2.10. The molecule has 0 N–H and O–H groups in total. The highest BCUT2D eigenvalue weighted by Gasteiger charge is 2.10. The number of aryl methyl sites for hydroxylation is 1. The van der Waals surface area contributed by atoms with Crippen molar-refractivity contribution in [3.8, 4) is 5.75 Å². The monoisotopic (exact) mass is 333 g/mol. The lowest BCUT2D eigenvalue weighted by molar-refractivity contribution is -0.646. The maximum absolute atomic E-state index is 5.59. The quantitative estimate of drug-likeness (QED) is 0.647. The van der Waals surface area contributed by atoms with Crippen molar-refractivity contribution in [1.29, 1.82) is 0 Å². The number of hydrogen-bond donors (Lipinski definition) is 0. The SMILES string of the molecule is CCOc1ccc2c(ccc(C=Cc3ccc(N(C)C)cc3)[n+]2C)c1. The van der Waals surface area contributed by atoms with Gasteiger partial charge in [-0.1, -0.05) is 12.1 Å². The zero-order valence-corrected chi connectivity index (χ0v) is 15.4. The molecular formula is C22H25N2O+. The summed E-state index contributed by atoms with van der Waals surface area (Å²) < 4.78 is 7.79. The van der Waals surface area contributed by atoms with Crippen molar-refractivity contribution in [2.75, 3.05) is 25.6 Å². The zero-order chi connectivity index (χ0) is 17.8. The Labute approximate surface area is 149 Å². The van der Waals surface area contributed by atoms with Crippen LogP contribution in [0.15, 0.2) is 54.6 Å². The second-order valence-electron chi connectivity index (χ2n) is 6.29. The van der Waals surface area contributed by atoms with Crippen LogP contribution in [-0.2, 0) is 7.05 Å². The Morgan fingerprint density at radius 3 is 2.40 bits per heavy atom. The molecule has 1 aromatic heterocycles. The van der Waals surface area contributed by atoms with E-state index in [1.54, 1.807) is 0 Å². The Bertz CT molecular complexity index is 896. The van der Waals surface area contributed by atoms with Gasteiger partial charge in [-0.15, -0.1) is 0 Å². The summed E-state index contributed by atoms with van der Waals surface area (Å²) in [5, 5.41) is 1.18. The summed E-state index contributed by atoms with van der Waals surface area (Å²) in [6.45, 7) is 2.69. The summed E-state index contributed by atoms with van der Waals surface area (Å²) in [5.74, 6) is 0.916. The van der Waals surface area contributed by atoms with Crippen molar-refractivity contribution in [3.63, 3.8) is 0 Å². The van der Waals surface area contributed by atoms with Gasteiger partial charge in [0.25, 0.3) is 0 Å². The van der Waals surface area contributed by atoms with E-state index in [9.17, 15) is 0 Å². The molecule has 0 aliphatic heterocycles. The van der Waals surface area contributed by atoms with E-state index in [1.807, 2.05) is 13.0 Å². The summed E-state index contributed by atoms with van der Waals surface area (Å²) in [6.07, 6.45) is 4.30. The third-order valence-corrected chi connectivity index (χ3v) is 4.35. The molecule has 0 spiro atoms. The molecule has 128 valence electrons. The molecule has 2 aromatic carbocycles. The first-order valence-corrected chi connectivity index (χ1v) is 8.59. The number of aromatic nitrogens is 1. The van der Waals surface area contributed by atoms with Gasteiger partial charge in [-0.25, -0.2) is 0 Å². The van der Waals surface area contributed by atoms with Gasteiger partial charge in [0, 0.05) is 38.0 Å². The molecule has 1 heterocycles. The smallest absolute Gasteiger partial charge is 0.212 e. The van der Waals surface area contributed by atoms with Crippen LogP contribution in [0.5, 0.6) is 5.75 Å². The van der Waals surface area contributed by atoms with Gasteiger partial charge in [0.15, 0.2) is 0 Å². The fourth-order valence-electron chi connectivity index (χ4n) is 2.89. The number of fused-ring (bicyclic) bond motifs is 1. The first-order valence-electron chi connectivity index (χ1n) is 8.59. The molecule has 0 unspecified atom stereocenters. The summed E-state index contributed by atoms with van der Waals surface area (Å²) in [6, 6.07) is 19.1. The highest BCUT2D eigenvalue weighted by Crippen LogP contribution is 2.20. The van der Waals surface area contributed by atoms with Crippen molar-refractivity contribution in [1.82, 2.24) is 0 Å². The molecule has 0 saturated carbocycles. The lowest BCUT2D eigenvalue weighted by Crippen LogP contribution is -2.32. The van der Waals surface area contributed by atoms with Crippen molar-refractivity contribution in [2.45, 2.75) is 6.92 Å². The predicted molar refractivity (Wildman–Crippen MR) is 106 cm³/mol. The van der Waals surface area contributed by atoms with E-state index in [0.717, 1.165) is 11.4 Å². The fourth-order valence-corrected chi connectivity index (χ4v) is 2.89. The Kier molecular flexibility index (Phi) is 5.03. The molecule has 0 radical (unpaired) electrons. The van der Waals surface area contributed by atoms with Gasteiger partial charge in [0.1, 0.15) is 12.8 Å². The lowest BCUT2D eigenvalue weighted by Gasteiger charge is -2.11. The summed E-state index contributed by atoms with van der Waals surface area (Å²) in [7, 11) is 6.20. The second-order valence-corrected chi connectivity index (χ2v) is 6.29. The van der Waals surface area contributed by atoms with Crippen molar-refractivity contribution < 1.29 is 9.30 Å². The third-order valence-electron chi connectivity index (χ3n) is 4.35. The van der Waals surface area contributed by atoms with Crippen LogP contribution >= 0.6 is 0 Å². The molecule has 0 fully saturated rings. The molecule has 3 nitrogen and oxygen atoms in total. The van der Waals surface area contributed by atoms with E-state index in [2.05, 4.69) is 91.3 Å². The largest absolute Gasteiger partial charge is 0.494 e. The zero-order valence-electron chi connectivity index (χ0n) is 15.4. The topological polar surface area (TPSA) is 16.4 Å². The van der Waals surface area contributed by atoms with Crippen LogP contribution in [-0.4, -0.2) is 20.7 Å². The molecule has 0 aliphatic rings. The maximum atomic E-state index is 5.59. The summed E-state index contributed by atoms with van der Waals surface area (Å²) >= 11 is 0. The molecule has 0 aliphatic carbocycles. The first kappa shape index (κ1) is 17.0. The van der Waals surface area contributed by atoms with Gasteiger partial charge in [-0.05, 0) is 48.9 Å². The molecule has 3 aromatic rings. The minimum atomic E-state index is 0.686. The van der Waals surface area contributed by atoms with E-state index in [-0.39, 0.29) is 0 Å². The molecule has 0 amide bonds. The van der Waals surface area contributed by atoms with Crippen LogP contribution in [0.2, 0.25) is 0 Å². The van der Waals surface area contributed by atoms with Gasteiger partial charge in [0.2, 0.25) is 11.2 Å². The molecule has 25 heavy (non-hydrogen) atoms. The number of hydrogen-bond acceptors (Lipinski definition) is 2. The Morgan fingerprint density at radius 2 is 1.72 bits per heavy atom. The van der Waals surface area contributed by atoms with E-state index >= 15 is 0 Å². The first-order chi connectivity index (χ1) is 12.1. The third kappa shape index (κ3) is 3.82. The van der Waals surface area contributed by atoms with E-state index in [1.165, 1.54) is 22.2 Å². The average Bonchev–Trinajstić information content (AvgIpc) is 2.62. The van der Waals surface area contributed by atoms with Gasteiger partial charge in [-0.3, -0.25) is 0 Å². The molecule has 0 atom stereocenters. The van der Waals surface area contributed by atoms with Crippen molar-refractivity contribution in [2.24, 2.45) is 7.05 Å². The molecular weight excluding hydrogens is 308 g/mol. The highest BCUT2D eigenvalue weighted by molar-refractivity contribution is 5.79. The number of anilines is 1. The molecule has 0 saturated heterocycles. The van der Waals surface area contributed by atoms with Gasteiger partial charge < -0.3 is 9.64 Å². The molecule has 0 bridgehead atoms. The highest BCUT2D eigenvalue weighted by atomic mass is 16.5. The Morgan fingerprint density at radius 1 is 0.960 bits per heavy atom. The molecule has 3 heteroatoms. The van der Waals surface area contributed by atoms with Gasteiger partial charge in [-0.2, -0.15) is 4.57 Å². The van der Waals surface area contributed by atoms with Gasteiger partial charge >= 0.3 is 0 Å². The Hall–Kier alpha value is -2.81. The van der Waals surface area contributed by atoms with Crippen LogP contribution in [0.25, 0.3) is 23.1 Å². The fraction of sp³-hybridized carbons (Fsp3) is 0.227. The Balaban J connectivity index is 1.88. The van der Waals surface area contributed by atoms with E-state index < -0.39 is 0 Å². The minimum absolute atomic E-state index is 0.686. The van der Waals surface area contributed by atoms with Crippen LogP contribution in [0, 0.1) is 0 Å². The van der Waals surface area contributed by atoms with Crippen molar-refractivity contribution in [3.05, 3.63) is 65.9 Å². The number of ether oxygens (including phenoxy) is 1. The molecule has 3 rings (SSSR count). The van der Waals surface area contributed by atoms with Gasteiger partial charge in [0.05, 0.1) is 12.0 Å². The van der Waals surface area contributed by atoms with Crippen molar-refractivity contribution >= 4 is 28.7 Å². The number of nitrogens with zero attached hydrogens (tertiary/aromatic N) is 2.